The van der Waals surface area contributed by atoms with E-state index in [1.54, 1.807) is 72.3 Å². The van der Waals surface area contributed by atoms with E-state index in [9.17, 15) is 32.4 Å². The topological polar surface area (TPSA) is 210 Å². The Balaban J connectivity index is 1.82. The van der Waals surface area contributed by atoms with Crippen LogP contribution in [-0.2, 0) is 62.2 Å². The molecule has 1 fully saturated rings. The van der Waals surface area contributed by atoms with Gasteiger partial charge in [0.05, 0.1) is 48.4 Å². The van der Waals surface area contributed by atoms with Gasteiger partial charge < -0.3 is 35.6 Å². The molecule has 364 valence electrons. The molecule has 0 saturated carbocycles. The van der Waals surface area contributed by atoms with E-state index in [1.807, 2.05) is 66.6 Å². The van der Waals surface area contributed by atoms with Gasteiger partial charge in [-0.05, 0) is 61.4 Å². The van der Waals surface area contributed by atoms with E-state index in [0.717, 1.165) is 5.56 Å². The zero-order valence-corrected chi connectivity index (χ0v) is 41.5. The van der Waals surface area contributed by atoms with Gasteiger partial charge in [0.25, 0.3) is 5.91 Å². The third-order valence-corrected chi connectivity index (χ3v) is 14.0. The molecule has 0 radical (unpaired) electrons. The maximum atomic E-state index is 14.4. The fraction of sp³-hybridized carbons (Fsp3) is 0.646. The Morgan fingerprint density at radius 2 is 1.43 bits per heavy atom. The van der Waals surface area contributed by atoms with Crippen LogP contribution in [0, 0.1) is 23.7 Å². The largest absolute Gasteiger partial charge is 0.379 e. The Kier molecular flexibility index (Phi) is 21.5. The minimum absolute atomic E-state index is 0.0121. The van der Waals surface area contributed by atoms with E-state index in [2.05, 4.69) is 15.4 Å². The lowest BCUT2D eigenvalue weighted by Crippen LogP contribution is -2.59. The van der Waals surface area contributed by atoms with Crippen LogP contribution in [0.2, 0.25) is 0 Å². The summed E-state index contributed by atoms with van der Waals surface area (Å²) < 4.78 is 40.6. The van der Waals surface area contributed by atoms with Gasteiger partial charge in [-0.25, -0.2) is 8.42 Å². The molecule has 1 saturated heterocycles. The molecule has 3 rings (SSSR count). The van der Waals surface area contributed by atoms with Crippen LogP contribution in [0.4, 0.5) is 0 Å². The number of rotatable bonds is 25. The number of ether oxygens (including phenoxy) is 2. The Morgan fingerprint density at radius 3 is 1.95 bits per heavy atom. The maximum Gasteiger partial charge on any atom is 0.256 e. The quantitative estimate of drug-likeness (QED) is 0.113. The molecule has 0 aliphatic carbocycles. The van der Waals surface area contributed by atoms with Gasteiger partial charge in [0, 0.05) is 40.8 Å². The molecule has 0 unspecified atom stereocenters. The molecule has 5 N–H and O–H groups in total. The minimum atomic E-state index is -4.16. The van der Waals surface area contributed by atoms with E-state index in [0.29, 0.717) is 43.5 Å². The van der Waals surface area contributed by atoms with Gasteiger partial charge >= 0.3 is 0 Å². The molecular formula is C48H77N7O9S. The highest BCUT2D eigenvalue weighted by molar-refractivity contribution is 7.89. The number of likely N-dealkylation sites (tertiary alicyclic amines) is 1. The number of carbonyl (C=O) groups is 5. The summed E-state index contributed by atoms with van der Waals surface area (Å²) in [6.07, 6.45) is 0.354. The number of nitrogens with zero attached hydrogens (tertiary/aromatic N) is 3. The Hall–Kier alpha value is -4.42. The Labute approximate surface area is 388 Å². The van der Waals surface area contributed by atoms with Crippen molar-refractivity contribution in [3.63, 3.8) is 0 Å². The smallest absolute Gasteiger partial charge is 0.256 e. The molecule has 9 atom stereocenters. The molecule has 1 aliphatic heterocycles. The Morgan fingerprint density at radius 1 is 0.815 bits per heavy atom. The average Bonchev–Trinajstić information content (AvgIpc) is 3.74. The van der Waals surface area contributed by atoms with Crippen LogP contribution in [0.25, 0.3) is 0 Å². The summed E-state index contributed by atoms with van der Waals surface area (Å²) in [7, 11) is 4.21. The van der Waals surface area contributed by atoms with E-state index in [-0.39, 0.29) is 48.3 Å². The third kappa shape index (κ3) is 15.3. The van der Waals surface area contributed by atoms with Crippen molar-refractivity contribution in [2.24, 2.45) is 29.4 Å². The normalized spacial score (nSPS) is 18.0. The first-order valence-electron chi connectivity index (χ1n) is 22.9. The van der Waals surface area contributed by atoms with Crippen molar-refractivity contribution in [3.05, 3.63) is 71.3 Å². The van der Waals surface area contributed by atoms with Gasteiger partial charge in [0.1, 0.15) is 12.1 Å². The average molecular weight is 928 g/mol. The lowest BCUT2D eigenvalue weighted by atomic mass is 9.89. The monoisotopic (exact) mass is 928 g/mol. The number of hydrogen-bond donors (Lipinski definition) is 4. The van der Waals surface area contributed by atoms with Crippen LogP contribution >= 0.6 is 0 Å². The highest BCUT2D eigenvalue weighted by atomic mass is 32.2. The number of methoxy groups -OCH3 is 2. The van der Waals surface area contributed by atoms with Crippen LogP contribution < -0.4 is 21.1 Å². The fourth-order valence-electron chi connectivity index (χ4n) is 9.02. The first-order valence-corrected chi connectivity index (χ1v) is 24.5. The number of nitrogens with one attached hydrogen (secondary N) is 3. The second-order valence-corrected chi connectivity index (χ2v) is 20.2. The summed E-state index contributed by atoms with van der Waals surface area (Å²) in [6, 6.07) is 12.1. The number of carbonyl (C=O) groups excluding carboxylic acids is 5. The van der Waals surface area contributed by atoms with Crippen molar-refractivity contribution in [1.29, 1.82) is 0 Å². The van der Waals surface area contributed by atoms with E-state index in [4.69, 9.17) is 15.2 Å². The second-order valence-electron chi connectivity index (χ2n) is 18.5. The number of benzene rings is 2. The molecule has 2 aromatic rings. The fourth-order valence-corrected chi connectivity index (χ4v) is 10.2. The molecule has 17 heteroatoms. The van der Waals surface area contributed by atoms with Crippen molar-refractivity contribution in [2.45, 2.75) is 135 Å². The van der Waals surface area contributed by atoms with Crippen LogP contribution in [-0.4, -0.2) is 137 Å². The molecule has 0 spiro atoms. The molecule has 1 heterocycles. The summed E-state index contributed by atoms with van der Waals surface area (Å²) in [5.41, 5.74) is 7.68. The van der Waals surface area contributed by atoms with Crippen molar-refractivity contribution in [3.8, 4) is 0 Å². The van der Waals surface area contributed by atoms with Crippen LogP contribution in [0.3, 0.4) is 0 Å². The number of sulfonamides is 1. The maximum absolute atomic E-state index is 14.4. The molecule has 0 bridgehead atoms. The van der Waals surface area contributed by atoms with Crippen LogP contribution in [0.1, 0.15) is 90.8 Å². The number of nitrogens with two attached hydrogens (primary N) is 1. The van der Waals surface area contributed by atoms with Crippen LogP contribution in [0.15, 0.2) is 54.6 Å². The van der Waals surface area contributed by atoms with Crippen molar-refractivity contribution in [1.82, 2.24) is 30.1 Å². The first kappa shape index (κ1) is 54.9. The molecule has 0 aromatic heterocycles. The van der Waals surface area contributed by atoms with E-state index in [1.165, 1.54) is 14.2 Å². The first-order chi connectivity index (χ1) is 30.6. The van der Waals surface area contributed by atoms with Gasteiger partial charge in [0.15, 0.2) is 0 Å². The summed E-state index contributed by atoms with van der Waals surface area (Å²) in [6.45, 7) is 14.1. The van der Waals surface area contributed by atoms with Crippen LogP contribution in [0.5, 0.6) is 0 Å². The molecule has 65 heavy (non-hydrogen) atoms. The summed E-state index contributed by atoms with van der Waals surface area (Å²) in [5.74, 6) is -3.80. The van der Waals surface area contributed by atoms with E-state index < -0.39 is 75.9 Å². The van der Waals surface area contributed by atoms with Gasteiger partial charge in [0.2, 0.25) is 33.7 Å². The third-order valence-electron chi connectivity index (χ3n) is 12.7. The number of likely N-dealkylation sites (N-methyl/N-ethyl adjacent to an activating group) is 2. The lowest BCUT2D eigenvalue weighted by Gasteiger charge is -2.41. The predicted octanol–water partition coefficient (Wildman–Crippen LogP) is 3.47. The Bertz CT molecular complexity index is 1960. The van der Waals surface area contributed by atoms with Gasteiger partial charge in [-0.2, -0.15) is 0 Å². The minimum Gasteiger partial charge on any atom is -0.379 e. The van der Waals surface area contributed by atoms with Crippen molar-refractivity contribution >= 4 is 39.6 Å². The zero-order chi connectivity index (χ0) is 48.8. The van der Waals surface area contributed by atoms with Crippen molar-refractivity contribution < 1.29 is 41.9 Å². The standard InChI is InChI=1S/C48H77N7O9S/c1-13-32(6)43(54(10)48(60)41(30(2)3)51-47(59)42(31(4)5)53(8)9)39(63-11)27-40(56)55-25-17-20-38(55)44(64-12)33(7)45(57)50-37(26-34-18-15-14-16-19-34)46(58)52-65(61,62)29-36-23-21-35(28-49)22-24-36/h14-16,18-19,21-24,30-33,37-39,41-44H,13,17,20,25-29,49H2,1-12H3,(H,50,57)(H,51,59)(H,52,58)/t32-,33+,37-,38-,39-,41-,42-,43-,44+/m0/s1. The number of amides is 5. The molecular weight excluding hydrogens is 851 g/mol. The summed E-state index contributed by atoms with van der Waals surface area (Å²) in [4.78, 5) is 75.3. The summed E-state index contributed by atoms with van der Waals surface area (Å²) in [5, 5.41) is 5.82. The predicted molar refractivity (Wildman–Crippen MR) is 252 cm³/mol. The highest BCUT2D eigenvalue weighted by Crippen LogP contribution is 2.30. The molecule has 2 aromatic carbocycles. The number of hydrogen-bond acceptors (Lipinski definition) is 11. The zero-order valence-electron chi connectivity index (χ0n) is 40.7. The second kappa shape index (κ2) is 25.5. The highest BCUT2D eigenvalue weighted by Gasteiger charge is 2.43. The SMILES string of the molecule is CC[C@H](C)[C@@H]([C@H](CC(=O)N1CCC[C@H]1[C@H](OC)[C@@H](C)C(=O)N[C@@H](Cc1ccccc1)C(=O)NS(=O)(=O)Cc1ccc(CN)cc1)OC)N(C)C(=O)[C@@H](NC(=O)[C@H](C(C)C)N(C)C)C(C)C. The molecule has 5 amide bonds. The van der Waals surface area contributed by atoms with E-state index >= 15 is 0 Å². The summed E-state index contributed by atoms with van der Waals surface area (Å²) >= 11 is 0. The van der Waals surface area contributed by atoms with Crippen molar-refractivity contribution in [2.75, 3.05) is 41.9 Å². The lowest BCUT2D eigenvalue weighted by molar-refractivity contribution is -0.148. The molecule has 1 aliphatic rings. The molecule has 16 nitrogen and oxygen atoms in total. The van der Waals surface area contributed by atoms with Gasteiger partial charge in [-0.15, -0.1) is 0 Å². The van der Waals surface area contributed by atoms with Gasteiger partial charge in [-0.3, -0.25) is 33.6 Å². The van der Waals surface area contributed by atoms with Gasteiger partial charge in [-0.1, -0.05) is 109 Å².